The van der Waals surface area contributed by atoms with Crippen molar-refractivity contribution in [2.45, 2.75) is 19.6 Å². The van der Waals surface area contributed by atoms with Gasteiger partial charge in [0.1, 0.15) is 0 Å². The van der Waals surface area contributed by atoms with Gasteiger partial charge in [0, 0.05) is 11.6 Å². The van der Waals surface area contributed by atoms with Crippen LogP contribution in [-0.2, 0) is 16.1 Å². The van der Waals surface area contributed by atoms with Gasteiger partial charge in [0.25, 0.3) is 5.91 Å². The van der Waals surface area contributed by atoms with E-state index in [1.807, 2.05) is 6.07 Å². The number of halogens is 3. The summed E-state index contributed by atoms with van der Waals surface area (Å²) in [6.45, 7) is 1.69. The summed E-state index contributed by atoms with van der Waals surface area (Å²) in [4.78, 5) is 24.2. The van der Waals surface area contributed by atoms with Gasteiger partial charge in [-0.1, -0.05) is 59.1 Å². The highest BCUT2D eigenvalue weighted by Crippen LogP contribution is 2.25. The first kappa shape index (κ1) is 18.6. The fourth-order valence-corrected chi connectivity index (χ4v) is 2.69. The molecule has 0 heterocycles. The molecule has 0 spiro atoms. The van der Waals surface area contributed by atoms with Crippen molar-refractivity contribution in [3.8, 4) is 0 Å². The quantitative estimate of drug-likeness (QED) is 0.769. The lowest BCUT2D eigenvalue weighted by atomic mass is 10.2. The normalized spacial score (nSPS) is 11.7. The molecule has 0 bridgehead atoms. The zero-order valence-electron chi connectivity index (χ0n) is 12.7. The fourth-order valence-electron chi connectivity index (χ4n) is 1.93. The van der Waals surface area contributed by atoms with Gasteiger partial charge >= 0.3 is 5.97 Å². The van der Waals surface area contributed by atoms with Crippen LogP contribution in [0.25, 0.3) is 0 Å². The number of benzene rings is 2. The van der Waals surface area contributed by atoms with Gasteiger partial charge in [-0.2, -0.15) is 0 Å². The molecule has 0 aromatic heterocycles. The van der Waals surface area contributed by atoms with Gasteiger partial charge in [-0.05, 0) is 30.7 Å². The lowest BCUT2D eigenvalue weighted by Crippen LogP contribution is -2.35. The van der Waals surface area contributed by atoms with E-state index in [1.165, 1.54) is 19.1 Å². The first-order valence-electron chi connectivity index (χ1n) is 7.06. The number of esters is 1. The topological polar surface area (TPSA) is 55.4 Å². The minimum absolute atomic E-state index is 0.0339. The Morgan fingerprint density at radius 2 is 1.58 bits per heavy atom. The van der Waals surface area contributed by atoms with Crippen molar-refractivity contribution in [2.75, 3.05) is 0 Å². The highest BCUT2D eigenvalue weighted by Gasteiger charge is 2.22. The molecule has 1 atom stereocenters. The van der Waals surface area contributed by atoms with Crippen LogP contribution in [0.2, 0.25) is 15.1 Å². The summed E-state index contributed by atoms with van der Waals surface area (Å²) in [5.41, 5.74) is 0.798. The molecule has 0 saturated carbocycles. The lowest BCUT2D eigenvalue weighted by Gasteiger charge is -2.15. The van der Waals surface area contributed by atoms with Crippen LogP contribution >= 0.6 is 34.8 Å². The molecular weight excluding hydrogens is 373 g/mol. The standard InChI is InChI=1S/C17H14Cl3NO3/c1-10(16(22)21-9-11-5-2-3-6-12(11)18)24-17(23)15-13(19)7-4-8-14(15)20/h2-8,10H,9H2,1H3,(H,21,22). The highest BCUT2D eigenvalue weighted by atomic mass is 35.5. The van der Waals surface area contributed by atoms with Crippen molar-refractivity contribution in [1.82, 2.24) is 5.32 Å². The summed E-state index contributed by atoms with van der Waals surface area (Å²) in [6, 6.07) is 11.8. The van der Waals surface area contributed by atoms with Crippen molar-refractivity contribution in [2.24, 2.45) is 0 Å². The average molecular weight is 387 g/mol. The van der Waals surface area contributed by atoms with Gasteiger partial charge < -0.3 is 10.1 Å². The minimum atomic E-state index is -1.01. The van der Waals surface area contributed by atoms with Gasteiger partial charge in [0.2, 0.25) is 0 Å². The monoisotopic (exact) mass is 385 g/mol. The Balaban J connectivity index is 1.96. The maximum Gasteiger partial charge on any atom is 0.341 e. The van der Waals surface area contributed by atoms with E-state index < -0.39 is 18.0 Å². The second-order valence-corrected chi connectivity index (χ2v) is 6.18. The molecular formula is C17H14Cl3NO3. The van der Waals surface area contributed by atoms with E-state index in [0.717, 1.165) is 5.56 Å². The smallest absolute Gasteiger partial charge is 0.341 e. The van der Waals surface area contributed by atoms with Gasteiger partial charge in [-0.3, -0.25) is 4.79 Å². The van der Waals surface area contributed by atoms with E-state index in [1.54, 1.807) is 24.3 Å². The third-order valence-corrected chi connectivity index (χ3v) is 4.23. The number of ether oxygens (including phenoxy) is 1. The van der Waals surface area contributed by atoms with E-state index in [2.05, 4.69) is 5.32 Å². The lowest BCUT2D eigenvalue weighted by molar-refractivity contribution is -0.129. The zero-order valence-corrected chi connectivity index (χ0v) is 15.0. The molecule has 1 N–H and O–H groups in total. The molecule has 1 amide bonds. The zero-order chi connectivity index (χ0) is 17.7. The number of hydrogen-bond acceptors (Lipinski definition) is 3. The van der Waals surface area contributed by atoms with Crippen molar-refractivity contribution in [1.29, 1.82) is 0 Å². The molecule has 0 saturated heterocycles. The Hall–Kier alpha value is -1.75. The van der Waals surface area contributed by atoms with E-state index >= 15 is 0 Å². The summed E-state index contributed by atoms with van der Waals surface area (Å²) < 4.78 is 5.13. The predicted molar refractivity (Wildman–Crippen MR) is 94.6 cm³/mol. The molecule has 0 fully saturated rings. The molecule has 1 unspecified atom stereocenters. The number of carbonyl (C=O) groups is 2. The van der Waals surface area contributed by atoms with E-state index in [0.29, 0.717) is 5.02 Å². The molecule has 2 rings (SSSR count). The SMILES string of the molecule is CC(OC(=O)c1c(Cl)cccc1Cl)C(=O)NCc1ccccc1Cl. The molecule has 2 aromatic carbocycles. The van der Waals surface area contributed by atoms with E-state index in [4.69, 9.17) is 39.5 Å². The second-order valence-electron chi connectivity index (χ2n) is 4.95. The van der Waals surface area contributed by atoms with Crippen molar-refractivity contribution in [3.05, 3.63) is 68.7 Å². The summed E-state index contributed by atoms with van der Waals surface area (Å²) in [6.07, 6.45) is -1.01. The average Bonchev–Trinajstić information content (AvgIpc) is 2.53. The third kappa shape index (κ3) is 4.63. The Morgan fingerprint density at radius 3 is 2.21 bits per heavy atom. The Bertz CT molecular complexity index is 744. The molecule has 0 radical (unpaired) electrons. The summed E-state index contributed by atoms with van der Waals surface area (Å²) >= 11 is 17.9. The van der Waals surface area contributed by atoms with Crippen LogP contribution in [-0.4, -0.2) is 18.0 Å². The van der Waals surface area contributed by atoms with Gasteiger partial charge in [-0.25, -0.2) is 4.79 Å². The van der Waals surface area contributed by atoms with Crippen LogP contribution in [0.15, 0.2) is 42.5 Å². The maximum atomic E-state index is 12.1. The highest BCUT2D eigenvalue weighted by molar-refractivity contribution is 6.39. The molecule has 7 heteroatoms. The maximum absolute atomic E-state index is 12.1. The van der Waals surface area contributed by atoms with Gasteiger partial charge in [0.05, 0.1) is 15.6 Å². The Labute approximate surface area is 154 Å². The van der Waals surface area contributed by atoms with E-state index in [9.17, 15) is 9.59 Å². The molecule has 24 heavy (non-hydrogen) atoms. The van der Waals surface area contributed by atoms with Crippen LogP contribution in [0.1, 0.15) is 22.8 Å². The van der Waals surface area contributed by atoms with Crippen molar-refractivity contribution >= 4 is 46.7 Å². The number of rotatable bonds is 5. The number of nitrogens with one attached hydrogen (secondary N) is 1. The van der Waals surface area contributed by atoms with Crippen LogP contribution in [0.3, 0.4) is 0 Å². The molecule has 0 aliphatic heterocycles. The first-order chi connectivity index (χ1) is 11.4. The predicted octanol–water partition coefficient (Wildman–Crippen LogP) is 4.51. The van der Waals surface area contributed by atoms with Gasteiger partial charge in [-0.15, -0.1) is 0 Å². The number of carbonyl (C=O) groups excluding carboxylic acids is 2. The van der Waals surface area contributed by atoms with Crippen molar-refractivity contribution in [3.63, 3.8) is 0 Å². The third-order valence-electron chi connectivity index (χ3n) is 3.23. The van der Waals surface area contributed by atoms with Crippen molar-refractivity contribution < 1.29 is 14.3 Å². The number of amides is 1. The van der Waals surface area contributed by atoms with Crippen LogP contribution in [0.5, 0.6) is 0 Å². The molecule has 2 aromatic rings. The summed E-state index contributed by atoms with van der Waals surface area (Å²) in [5.74, 6) is -1.21. The molecule has 4 nitrogen and oxygen atoms in total. The van der Waals surface area contributed by atoms with Gasteiger partial charge in [0.15, 0.2) is 6.10 Å². The summed E-state index contributed by atoms with van der Waals surface area (Å²) in [7, 11) is 0. The molecule has 0 aliphatic carbocycles. The largest absolute Gasteiger partial charge is 0.449 e. The summed E-state index contributed by atoms with van der Waals surface area (Å²) in [5, 5.41) is 3.53. The van der Waals surface area contributed by atoms with Crippen LogP contribution in [0.4, 0.5) is 0 Å². The molecule has 0 aliphatic rings. The Morgan fingerprint density at radius 1 is 1.00 bits per heavy atom. The fraction of sp³-hybridized carbons (Fsp3) is 0.176. The second kappa shape index (κ2) is 8.38. The van der Waals surface area contributed by atoms with Crippen LogP contribution in [0, 0.1) is 0 Å². The van der Waals surface area contributed by atoms with E-state index in [-0.39, 0.29) is 22.2 Å². The van der Waals surface area contributed by atoms with Crippen LogP contribution < -0.4 is 5.32 Å². The number of hydrogen-bond donors (Lipinski definition) is 1. The Kier molecular flexibility index (Phi) is 6.49. The first-order valence-corrected chi connectivity index (χ1v) is 8.19. The minimum Gasteiger partial charge on any atom is -0.449 e. The molecule has 126 valence electrons.